The standard InChI is InChI=1S/C10H12N4O/c11-14-13-6-2-1-3-9-4-5-10(8-15)12-7-9/h1,3-5,7,15H,2,6,8H2. The first-order valence-electron chi connectivity index (χ1n) is 4.60. The van der Waals surface area contributed by atoms with Crippen molar-refractivity contribution in [1.82, 2.24) is 4.98 Å². The van der Waals surface area contributed by atoms with Crippen LogP contribution in [0.4, 0.5) is 0 Å². The molecule has 0 aromatic carbocycles. The number of aliphatic hydroxyl groups excluding tert-OH is 1. The van der Waals surface area contributed by atoms with E-state index in [0.29, 0.717) is 18.7 Å². The van der Waals surface area contributed by atoms with Crippen molar-refractivity contribution in [3.8, 4) is 0 Å². The average molecular weight is 204 g/mol. The molecular formula is C10H12N4O. The van der Waals surface area contributed by atoms with Crippen molar-refractivity contribution < 1.29 is 5.11 Å². The van der Waals surface area contributed by atoms with E-state index in [1.54, 1.807) is 12.3 Å². The lowest BCUT2D eigenvalue weighted by molar-refractivity contribution is 0.277. The minimum absolute atomic E-state index is 0.0408. The van der Waals surface area contributed by atoms with E-state index in [9.17, 15) is 0 Å². The van der Waals surface area contributed by atoms with Crippen LogP contribution in [0, 0.1) is 0 Å². The Bertz CT molecular complexity index is 366. The van der Waals surface area contributed by atoms with Gasteiger partial charge in [0.1, 0.15) is 0 Å². The molecule has 1 rings (SSSR count). The summed E-state index contributed by atoms with van der Waals surface area (Å²) in [5.41, 5.74) is 9.66. The normalized spacial score (nSPS) is 10.2. The fraction of sp³-hybridized carbons (Fsp3) is 0.300. The molecule has 0 aliphatic rings. The van der Waals surface area contributed by atoms with Crippen LogP contribution in [-0.2, 0) is 6.61 Å². The number of aliphatic hydroxyl groups is 1. The predicted octanol–water partition coefficient (Wildman–Crippen LogP) is 2.29. The molecule has 1 aromatic heterocycles. The molecule has 15 heavy (non-hydrogen) atoms. The van der Waals surface area contributed by atoms with Crippen molar-refractivity contribution in [2.24, 2.45) is 5.11 Å². The lowest BCUT2D eigenvalue weighted by Crippen LogP contribution is -1.87. The summed E-state index contributed by atoms with van der Waals surface area (Å²) in [5, 5.41) is 12.2. The number of aromatic nitrogens is 1. The molecule has 1 heterocycles. The minimum atomic E-state index is -0.0408. The first kappa shape index (κ1) is 11.2. The fourth-order valence-electron chi connectivity index (χ4n) is 1.02. The predicted molar refractivity (Wildman–Crippen MR) is 57.8 cm³/mol. The maximum Gasteiger partial charge on any atom is 0.0852 e. The number of hydrogen-bond acceptors (Lipinski definition) is 3. The topological polar surface area (TPSA) is 81.9 Å². The molecule has 1 N–H and O–H groups in total. The Labute approximate surface area is 87.7 Å². The summed E-state index contributed by atoms with van der Waals surface area (Å²) in [4.78, 5) is 6.68. The summed E-state index contributed by atoms with van der Waals surface area (Å²) in [5.74, 6) is 0. The first-order valence-corrected chi connectivity index (χ1v) is 4.60. The van der Waals surface area contributed by atoms with Gasteiger partial charge in [-0.25, -0.2) is 0 Å². The van der Waals surface area contributed by atoms with E-state index in [1.807, 2.05) is 18.2 Å². The van der Waals surface area contributed by atoms with Gasteiger partial charge < -0.3 is 5.11 Å². The lowest BCUT2D eigenvalue weighted by atomic mass is 10.2. The summed E-state index contributed by atoms with van der Waals surface area (Å²) < 4.78 is 0. The highest BCUT2D eigenvalue weighted by Gasteiger charge is 1.90. The minimum Gasteiger partial charge on any atom is -0.390 e. The highest BCUT2D eigenvalue weighted by Crippen LogP contribution is 2.03. The van der Waals surface area contributed by atoms with Gasteiger partial charge in [-0.3, -0.25) is 4.98 Å². The molecule has 0 aliphatic carbocycles. The van der Waals surface area contributed by atoms with E-state index >= 15 is 0 Å². The molecule has 0 aliphatic heterocycles. The van der Waals surface area contributed by atoms with Crippen LogP contribution < -0.4 is 0 Å². The zero-order valence-electron chi connectivity index (χ0n) is 8.24. The largest absolute Gasteiger partial charge is 0.390 e. The van der Waals surface area contributed by atoms with Crippen LogP contribution >= 0.6 is 0 Å². The quantitative estimate of drug-likeness (QED) is 0.345. The number of azide groups is 1. The number of hydrogen-bond donors (Lipinski definition) is 1. The van der Waals surface area contributed by atoms with Crippen molar-refractivity contribution in [2.45, 2.75) is 13.0 Å². The Hall–Kier alpha value is -1.84. The van der Waals surface area contributed by atoms with Crippen molar-refractivity contribution in [3.63, 3.8) is 0 Å². The molecule has 0 atom stereocenters. The molecule has 5 nitrogen and oxygen atoms in total. The Balaban J connectivity index is 2.46. The Morgan fingerprint density at radius 1 is 1.53 bits per heavy atom. The van der Waals surface area contributed by atoms with Crippen molar-refractivity contribution in [1.29, 1.82) is 0 Å². The van der Waals surface area contributed by atoms with Gasteiger partial charge in [0.15, 0.2) is 0 Å². The van der Waals surface area contributed by atoms with Crippen LogP contribution in [0.3, 0.4) is 0 Å². The second-order valence-electron chi connectivity index (χ2n) is 2.89. The van der Waals surface area contributed by atoms with Gasteiger partial charge in [0, 0.05) is 17.7 Å². The van der Waals surface area contributed by atoms with Crippen molar-refractivity contribution in [3.05, 3.63) is 46.1 Å². The van der Waals surface area contributed by atoms with E-state index in [0.717, 1.165) is 5.56 Å². The highest BCUT2D eigenvalue weighted by molar-refractivity contribution is 5.47. The van der Waals surface area contributed by atoms with Crippen LogP contribution in [-0.4, -0.2) is 16.6 Å². The van der Waals surface area contributed by atoms with Crippen LogP contribution in [0.5, 0.6) is 0 Å². The highest BCUT2D eigenvalue weighted by atomic mass is 16.3. The lowest BCUT2D eigenvalue weighted by Gasteiger charge is -1.95. The molecule has 5 heteroatoms. The monoisotopic (exact) mass is 204 g/mol. The van der Waals surface area contributed by atoms with Gasteiger partial charge in [0.05, 0.1) is 12.3 Å². The zero-order valence-corrected chi connectivity index (χ0v) is 8.24. The Morgan fingerprint density at radius 3 is 3.00 bits per heavy atom. The van der Waals surface area contributed by atoms with Crippen molar-refractivity contribution in [2.75, 3.05) is 6.54 Å². The van der Waals surface area contributed by atoms with Crippen LogP contribution in [0.2, 0.25) is 0 Å². The maximum absolute atomic E-state index is 8.77. The van der Waals surface area contributed by atoms with Gasteiger partial charge in [-0.05, 0) is 23.6 Å². The van der Waals surface area contributed by atoms with Gasteiger partial charge in [-0.15, -0.1) is 0 Å². The van der Waals surface area contributed by atoms with Gasteiger partial charge in [0.2, 0.25) is 0 Å². The maximum atomic E-state index is 8.77. The van der Waals surface area contributed by atoms with E-state index in [1.165, 1.54) is 0 Å². The molecule has 78 valence electrons. The summed E-state index contributed by atoms with van der Waals surface area (Å²) >= 11 is 0. The third-order valence-electron chi connectivity index (χ3n) is 1.78. The molecule has 0 saturated heterocycles. The third kappa shape index (κ3) is 4.26. The molecule has 0 radical (unpaired) electrons. The van der Waals surface area contributed by atoms with Crippen LogP contribution in [0.25, 0.3) is 16.5 Å². The summed E-state index contributed by atoms with van der Waals surface area (Å²) in [6, 6.07) is 3.65. The third-order valence-corrected chi connectivity index (χ3v) is 1.78. The van der Waals surface area contributed by atoms with E-state index in [4.69, 9.17) is 10.6 Å². The summed E-state index contributed by atoms with van der Waals surface area (Å²) in [6.45, 7) is 0.427. The number of pyridine rings is 1. The molecule has 0 saturated carbocycles. The Morgan fingerprint density at radius 2 is 2.40 bits per heavy atom. The molecule has 1 aromatic rings. The molecule has 0 fully saturated rings. The summed E-state index contributed by atoms with van der Waals surface area (Å²) in [7, 11) is 0. The molecule has 0 bridgehead atoms. The fourth-order valence-corrected chi connectivity index (χ4v) is 1.02. The summed E-state index contributed by atoms with van der Waals surface area (Å²) in [6.07, 6.45) is 6.23. The van der Waals surface area contributed by atoms with E-state index < -0.39 is 0 Å². The van der Waals surface area contributed by atoms with Gasteiger partial charge in [-0.2, -0.15) is 0 Å². The SMILES string of the molecule is [N-]=[N+]=NCCC=Cc1ccc(CO)nc1. The van der Waals surface area contributed by atoms with Gasteiger partial charge >= 0.3 is 0 Å². The molecule has 0 spiro atoms. The molecule has 0 amide bonds. The van der Waals surface area contributed by atoms with Crippen LogP contribution in [0.15, 0.2) is 29.5 Å². The molecule has 0 unspecified atom stereocenters. The molecular weight excluding hydrogens is 192 g/mol. The number of rotatable bonds is 5. The second-order valence-corrected chi connectivity index (χ2v) is 2.89. The van der Waals surface area contributed by atoms with E-state index in [2.05, 4.69) is 15.0 Å². The van der Waals surface area contributed by atoms with Gasteiger partial charge in [-0.1, -0.05) is 23.3 Å². The average Bonchev–Trinajstić information content (AvgIpc) is 2.30. The number of nitrogens with zero attached hydrogens (tertiary/aromatic N) is 4. The van der Waals surface area contributed by atoms with Gasteiger partial charge in [0.25, 0.3) is 0 Å². The van der Waals surface area contributed by atoms with E-state index in [-0.39, 0.29) is 6.61 Å². The Kier molecular flexibility index (Phi) is 4.94. The second kappa shape index (κ2) is 6.59. The first-order chi connectivity index (χ1) is 7.36. The van der Waals surface area contributed by atoms with Crippen molar-refractivity contribution >= 4 is 6.08 Å². The zero-order chi connectivity index (χ0) is 10.9. The van der Waals surface area contributed by atoms with Crippen LogP contribution in [0.1, 0.15) is 17.7 Å². The smallest absolute Gasteiger partial charge is 0.0852 e.